The summed E-state index contributed by atoms with van der Waals surface area (Å²) < 4.78 is 40.6. The second-order valence-corrected chi connectivity index (χ2v) is 10.0. The van der Waals surface area contributed by atoms with Gasteiger partial charge in [-0.1, -0.05) is 37.6 Å². The number of halogens is 3. The second kappa shape index (κ2) is 6.08. The normalized spacial score (nSPS) is 25.9. The van der Waals surface area contributed by atoms with E-state index in [1.165, 1.54) is 12.1 Å². The van der Waals surface area contributed by atoms with Crippen molar-refractivity contribution in [3.8, 4) is 0 Å². The first-order chi connectivity index (χ1) is 14.0. The molecular formula is C24H25F3N2O. The number of ketones is 1. The van der Waals surface area contributed by atoms with Crippen molar-refractivity contribution in [2.75, 3.05) is 0 Å². The number of aromatic amines is 1. The summed E-state index contributed by atoms with van der Waals surface area (Å²) in [5.74, 6) is 0.377. The van der Waals surface area contributed by atoms with E-state index in [4.69, 9.17) is 0 Å². The van der Waals surface area contributed by atoms with Crippen LogP contribution in [-0.2, 0) is 22.8 Å². The third kappa shape index (κ3) is 2.87. The molecular weight excluding hydrogens is 389 g/mol. The molecule has 1 fully saturated rings. The van der Waals surface area contributed by atoms with Crippen molar-refractivity contribution in [2.24, 2.45) is 5.41 Å². The highest BCUT2D eigenvalue weighted by molar-refractivity contribution is 6.01. The molecule has 1 N–H and O–H groups in total. The van der Waals surface area contributed by atoms with Crippen LogP contribution in [0, 0.1) is 5.41 Å². The SMILES string of the molecule is CC1(C)CC(=O)C2=C(Cc3[nH]nc(C4CC4)c3[C@]2(C)c2cccc(C(F)(F)F)c2)C1. The molecule has 2 aromatic rings. The topological polar surface area (TPSA) is 45.8 Å². The molecule has 1 atom stereocenters. The van der Waals surface area contributed by atoms with Gasteiger partial charge in [-0.2, -0.15) is 18.3 Å². The van der Waals surface area contributed by atoms with Crippen LogP contribution >= 0.6 is 0 Å². The van der Waals surface area contributed by atoms with E-state index in [1.54, 1.807) is 6.07 Å². The number of allylic oxidation sites excluding steroid dienone is 2. The number of Topliss-reactive ketones (excluding diaryl/α,β-unsaturated/α-hetero) is 1. The Hall–Kier alpha value is -2.37. The summed E-state index contributed by atoms with van der Waals surface area (Å²) in [6.07, 6.45) is -0.582. The highest BCUT2D eigenvalue weighted by Gasteiger charge is 2.51. The number of carbonyl (C=O) groups excluding carboxylic acids is 1. The smallest absolute Gasteiger partial charge is 0.294 e. The van der Waals surface area contributed by atoms with Crippen LogP contribution < -0.4 is 0 Å². The maximum absolute atomic E-state index is 13.5. The molecule has 3 nitrogen and oxygen atoms in total. The quantitative estimate of drug-likeness (QED) is 0.670. The van der Waals surface area contributed by atoms with Crippen molar-refractivity contribution >= 4 is 5.78 Å². The molecule has 0 spiro atoms. The van der Waals surface area contributed by atoms with Crippen LogP contribution in [0.4, 0.5) is 13.2 Å². The first-order valence-electron chi connectivity index (χ1n) is 10.5. The molecule has 3 aliphatic carbocycles. The van der Waals surface area contributed by atoms with Crippen molar-refractivity contribution in [1.29, 1.82) is 0 Å². The Labute approximate surface area is 173 Å². The lowest BCUT2D eigenvalue weighted by molar-refractivity contribution is -0.137. The van der Waals surface area contributed by atoms with Gasteiger partial charge in [-0.3, -0.25) is 9.89 Å². The monoisotopic (exact) mass is 414 g/mol. The molecule has 0 saturated heterocycles. The first kappa shape index (κ1) is 19.6. The zero-order valence-electron chi connectivity index (χ0n) is 17.4. The Bertz CT molecular complexity index is 1090. The number of alkyl halides is 3. The molecule has 0 unspecified atom stereocenters. The molecule has 30 heavy (non-hydrogen) atoms. The van der Waals surface area contributed by atoms with Gasteiger partial charge in [0.2, 0.25) is 0 Å². The molecule has 5 rings (SSSR count). The highest BCUT2D eigenvalue weighted by Crippen LogP contribution is 2.55. The lowest BCUT2D eigenvalue weighted by Gasteiger charge is -2.44. The van der Waals surface area contributed by atoms with Gasteiger partial charge in [0, 0.05) is 41.0 Å². The molecule has 0 amide bonds. The summed E-state index contributed by atoms with van der Waals surface area (Å²) in [7, 11) is 0. The predicted molar refractivity (Wildman–Crippen MR) is 107 cm³/mol. The van der Waals surface area contributed by atoms with Crippen LogP contribution in [0.2, 0.25) is 0 Å². The van der Waals surface area contributed by atoms with Gasteiger partial charge in [0.05, 0.1) is 11.3 Å². The van der Waals surface area contributed by atoms with Crippen LogP contribution in [0.15, 0.2) is 35.4 Å². The second-order valence-electron chi connectivity index (χ2n) is 10.0. The van der Waals surface area contributed by atoms with Crippen molar-refractivity contribution in [3.63, 3.8) is 0 Å². The zero-order chi connectivity index (χ0) is 21.5. The van der Waals surface area contributed by atoms with Gasteiger partial charge in [0.25, 0.3) is 0 Å². The molecule has 1 saturated carbocycles. The number of rotatable bonds is 2. The fourth-order valence-electron chi connectivity index (χ4n) is 5.60. The number of hydrogen-bond acceptors (Lipinski definition) is 2. The average Bonchev–Trinajstić information content (AvgIpc) is 3.39. The van der Waals surface area contributed by atoms with E-state index >= 15 is 0 Å². The molecule has 3 aliphatic rings. The number of aromatic nitrogens is 2. The minimum Gasteiger partial charge on any atom is -0.294 e. The molecule has 6 heteroatoms. The standard InChI is InChI=1S/C24H25F3N2O/c1-22(2)11-14-9-17-20(21(29-28-17)13-7-8-13)23(3,19(14)18(30)12-22)15-5-4-6-16(10-15)24(25,26)27/h4-6,10,13H,7-9,11-12H2,1-3H3,(H,28,29)/t23-/m1/s1. The molecule has 1 heterocycles. The van der Waals surface area contributed by atoms with Gasteiger partial charge in [0.15, 0.2) is 5.78 Å². The molecule has 0 aliphatic heterocycles. The Balaban J connectivity index is 1.78. The van der Waals surface area contributed by atoms with E-state index in [1.807, 2.05) is 6.92 Å². The maximum Gasteiger partial charge on any atom is 0.416 e. The summed E-state index contributed by atoms with van der Waals surface area (Å²) in [6.45, 7) is 6.08. The first-order valence-corrected chi connectivity index (χ1v) is 10.5. The van der Waals surface area contributed by atoms with E-state index in [0.717, 1.165) is 47.9 Å². The Morgan fingerprint density at radius 3 is 2.53 bits per heavy atom. The summed E-state index contributed by atoms with van der Waals surface area (Å²) in [4.78, 5) is 13.4. The molecule has 0 radical (unpaired) electrons. The van der Waals surface area contributed by atoms with Gasteiger partial charge in [0.1, 0.15) is 0 Å². The Morgan fingerprint density at radius 1 is 1.13 bits per heavy atom. The van der Waals surface area contributed by atoms with Crippen LogP contribution in [0.5, 0.6) is 0 Å². The van der Waals surface area contributed by atoms with Gasteiger partial charge in [-0.15, -0.1) is 0 Å². The Morgan fingerprint density at radius 2 is 1.87 bits per heavy atom. The van der Waals surface area contributed by atoms with Crippen molar-refractivity contribution in [3.05, 3.63) is 63.5 Å². The maximum atomic E-state index is 13.5. The zero-order valence-corrected chi connectivity index (χ0v) is 17.4. The van der Waals surface area contributed by atoms with Crippen molar-refractivity contribution in [2.45, 2.75) is 70.4 Å². The van der Waals surface area contributed by atoms with Crippen LogP contribution in [-0.4, -0.2) is 16.0 Å². The molecule has 158 valence electrons. The van der Waals surface area contributed by atoms with E-state index in [2.05, 4.69) is 24.0 Å². The minimum atomic E-state index is -4.44. The number of nitrogens with zero attached hydrogens (tertiary/aromatic N) is 1. The summed E-state index contributed by atoms with van der Waals surface area (Å²) in [5.41, 5.74) is 3.28. The molecule has 1 aromatic carbocycles. The fourth-order valence-corrected chi connectivity index (χ4v) is 5.60. The molecule has 1 aromatic heterocycles. The Kier molecular flexibility index (Phi) is 3.97. The lowest BCUT2D eigenvalue weighted by Crippen LogP contribution is -2.41. The van der Waals surface area contributed by atoms with E-state index in [9.17, 15) is 18.0 Å². The van der Waals surface area contributed by atoms with Crippen LogP contribution in [0.3, 0.4) is 0 Å². The summed E-state index contributed by atoms with van der Waals surface area (Å²) in [6, 6.07) is 5.49. The fraction of sp³-hybridized carbons (Fsp3) is 0.500. The van der Waals surface area contributed by atoms with Gasteiger partial charge >= 0.3 is 6.18 Å². The minimum absolute atomic E-state index is 0.0507. The largest absolute Gasteiger partial charge is 0.416 e. The van der Waals surface area contributed by atoms with Crippen molar-refractivity contribution in [1.82, 2.24) is 10.2 Å². The lowest BCUT2D eigenvalue weighted by atomic mass is 9.58. The summed E-state index contributed by atoms with van der Waals surface area (Å²) in [5, 5.41) is 7.76. The van der Waals surface area contributed by atoms with Crippen LogP contribution in [0.25, 0.3) is 0 Å². The number of fused-ring (bicyclic) bond motifs is 1. The van der Waals surface area contributed by atoms with Crippen LogP contribution in [0.1, 0.15) is 80.5 Å². The predicted octanol–water partition coefficient (Wildman–Crippen LogP) is 5.85. The van der Waals surface area contributed by atoms with Gasteiger partial charge in [-0.25, -0.2) is 0 Å². The third-order valence-corrected chi connectivity index (χ3v) is 6.95. The number of benzene rings is 1. The van der Waals surface area contributed by atoms with E-state index in [0.29, 0.717) is 29.9 Å². The summed E-state index contributed by atoms with van der Waals surface area (Å²) >= 11 is 0. The highest BCUT2D eigenvalue weighted by atomic mass is 19.4. The molecule has 0 bridgehead atoms. The number of nitrogens with one attached hydrogen (secondary N) is 1. The van der Waals surface area contributed by atoms with Gasteiger partial charge in [-0.05, 0) is 43.2 Å². The van der Waals surface area contributed by atoms with E-state index in [-0.39, 0.29) is 11.2 Å². The number of hydrogen-bond donors (Lipinski definition) is 1. The number of carbonyl (C=O) groups is 1. The third-order valence-electron chi connectivity index (χ3n) is 6.95. The van der Waals surface area contributed by atoms with Gasteiger partial charge < -0.3 is 0 Å². The average molecular weight is 414 g/mol. The van der Waals surface area contributed by atoms with E-state index < -0.39 is 17.2 Å². The van der Waals surface area contributed by atoms with Crippen molar-refractivity contribution < 1.29 is 18.0 Å². The number of H-pyrrole nitrogens is 1.